The van der Waals surface area contributed by atoms with E-state index >= 15 is 0 Å². The molecule has 14 heteroatoms. The Morgan fingerprint density at radius 2 is 1.68 bits per heavy atom. The average molecular weight is 749 g/mol. The van der Waals surface area contributed by atoms with E-state index in [4.69, 9.17) is 66.5 Å². The minimum Gasteiger partial charge on any atom is -0.497 e. The van der Waals surface area contributed by atoms with E-state index in [0.29, 0.717) is 18.1 Å². The van der Waals surface area contributed by atoms with Crippen LogP contribution in [0.4, 0.5) is 0 Å². The van der Waals surface area contributed by atoms with Gasteiger partial charge in [-0.25, -0.2) is 4.98 Å². The second-order valence-corrected chi connectivity index (χ2v) is 20.3. The number of fused-ring (bicyclic) bond motifs is 1. The van der Waals surface area contributed by atoms with Crippen molar-refractivity contribution in [3.63, 3.8) is 0 Å². The molecule has 2 aromatic carbocycles. The van der Waals surface area contributed by atoms with Crippen molar-refractivity contribution in [2.75, 3.05) is 41.3 Å². The molecule has 0 N–H and O–H groups in total. The van der Waals surface area contributed by atoms with Crippen LogP contribution in [0.1, 0.15) is 36.6 Å². The second-order valence-electron chi connectivity index (χ2n) is 14.0. The fourth-order valence-corrected chi connectivity index (χ4v) is 7.16. The fourth-order valence-electron chi connectivity index (χ4n) is 6.00. The van der Waals surface area contributed by atoms with Gasteiger partial charge in [-0.3, -0.25) is 4.57 Å². The molecule has 2 saturated heterocycles. The molecule has 0 saturated carbocycles. The van der Waals surface area contributed by atoms with Gasteiger partial charge >= 0.3 is 0 Å². The summed E-state index contributed by atoms with van der Waals surface area (Å²) in [5.41, 5.74) is 2.84. The monoisotopic (exact) mass is 748 g/mol. The van der Waals surface area contributed by atoms with Gasteiger partial charge in [0.05, 0.1) is 13.7 Å². The van der Waals surface area contributed by atoms with Crippen molar-refractivity contribution in [1.29, 1.82) is 0 Å². The van der Waals surface area contributed by atoms with Gasteiger partial charge in [-0.1, -0.05) is 55.5 Å². The molecular formula is C36H49ClN2O9SSi. The standard InChI is InChI=1S/C36H49ClN2O9SSi/c1-35(41-4)36(2,42-5)48-33-31(46-34(49)39-16-15-38-22-39)29(21-44-23-43-17-18-50(6,7)8)45-30(32(33)47-35)25-11-14-28(37)26(20-25)19-24-9-12-27(40-3)13-10-24/h9-16,20,22,29-33H,17-19,21,23H2,1-8H3/t29-,30+,31-,32+,33+,35-,36-/m1/s1. The summed E-state index contributed by atoms with van der Waals surface area (Å²) in [5, 5.41) is 0.800. The lowest BCUT2D eigenvalue weighted by molar-refractivity contribution is -0.472. The van der Waals surface area contributed by atoms with Gasteiger partial charge in [0.15, 0.2) is 6.10 Å². The average Bonchev–Trinajstić information content (AvgIpc) is 3.64. The maximum Gasteiger partial charge on any atom is 0.269 e. The van der Waals surface area contributed by atoms with Crippen molar-refractivity contribution in [2.24, 2.45) is 0 Å². The molecule has 0 spiro atoms. The van der Waals surface area contributed by atoms with Crippen LogP contribution in [0.2, 0.25) is 30.7 Å². The molecule has 0 radical (unpaired) electrons. The Balaban J connectivity index is 1.49. The number of imidazole rings is 1. The lowest BCUT2D eigenvalue weighted by Gasteiger charge is -2.57. The highest BCUT2D eigenvalue weighted by atomic mass is 35.5. The van der Waals surface area contributed by atoms with E-state index in [0.717, 1.165) is 28.5 Å². The lowest BCUT2D eigenvalue weighted by Crippen LogP contribution is -2.71. The smallest absolute Gasteiger partial charge is 0.269 e. The van der Waals surface area contributed by atoms with Crippen molar-refractivity contribution >= 4 is 37.1 Å². The summed E-state index contributed by atoms with van der Waals surface area (Å²) in [6.45, 7) is 11.3. The minimum absolute atomic E-state index is 0.101. The fraction of sp³-hybridized carbons (Fsp3) is 0.556. The lowest BCUT2D eigenvalue weighted by atomic mass is 9.87. The van der Waals surface area contributed by atoms with Crippen LogP contribution in [0.3, 0.4) is 0 Å². The summed E-state index contributed by atoms with van der Waals surface area (Å²) >= 11 is 12.5. The number of halogens is 1. The molecule has 274 valence electrons. The SMILES string of the molecule is COc1ccc(Cc2cc([C@@H]3O[C@H](COCOCC[Si](C)(C)C)[C@@H](OC(=S)n4ccnc4)[C@@H]4O[C@@](C)(OC)[C@](C)(OC)O[C@H]43)ccc2Cl)cc1. The predicted molar refractivity (Wildman–Crippen MR) is 195 cm³/mol. The van der Waals surface area contributed by atoms with E-state index in [1.807, 2.05) is 42.5 Å². The molecule has 0 amide bonds. The molecule has 0 bridgehead atoms. The van der Waals surface area contributed by atoms with Crippen LogP contribution >= 0.6 is 23.8 Å². The van der Waals surface area contributed by atoms with Crippen LogP contribution in [0.15, 0.2) is 61.2 Å². The Kier molecular flexibility index (Phi) is 12.8. The van der Waals surface area contributed by atoms with E-state index in [-0.39, 0.29) is 18.6 Å². The summed E-state index contributed by atoms with van der Waals surface area (Å²) in [6.07, 6.45) is 1.94. The number of hydrogen-bond acceptors (Lipinski definition) is 11. The number of rotatable bonds is 14. The van der Waals surface area contributed by atoms with E-state index in [9.17, 15) is 0 Å². The third kappa shape index (κ3) is 8.95. The van der Waals surface area contributed by atoms with Gasteiger partial charge in [-0.2, -0.15) is 0 Å². The van der Waals surface area contributed by atoms with E-state index < -0.39 is 50.2 Å². The van der Waals surface area contributed by atoms with Crippen molar-refractivity contribution in [3.8, 4) is 5.75 Å². The zero-order chi connectivity index (χ0) is 36.1. The topological polar surface area (TPSA) is 101 Å². The largest absolute Gasteiger partial charge is 0.497 e. The number of hydrogen-bond donors (Lipinski definition) is 0. The summed E-state index contributed by atoms with van der Waals surface area (Å²) in [5.74, 6) is -1.85. The second kappa shape index (κ2) is 16.5. The molecule has 0 aliphatic carbocycles. The zero-order valence-electron chi connectivity index (χ0n) is 30.1. The van der Waals surface area contributed by atoms with Gasteiger partial charge in [0, 0.05) is 46.3 Å². The van der Waals surface area contributed by atoms with E-state index in [1.165, 1.54) is 0 Å². The van der Waals surface area contributed by atoms with E-state index in [2.05, 4.69) is 24.6 Å². The first-order valence-corrected chi connectivity index (χ1v) is 21.2. The normalized spacial score (nSPS) is 28.2. The zero-order valence-corrected chi connectivity index (χ0v) is 32.6. The van der Waals surface area contributed by atoms with Crippen molar-refractivity contribution < 1.29 is 42.6 Å². The van der Waals surface area contributed by atoms with Crippen LogP contribution in [0.25, 0.3) is 0 Å². The first-order chi connectivity index (χ1) is 23.8. The number of thiocarbonyl (C=S) groups is 1. The molecule has 2 aliphatic heterocycles. The van der Waals surface area contributed by atoms with Gasteiger partial charge in [0.2, 0.25) is 11.6 Å². The number of nitrogens with zero attached hydrogens (tertiary/aromatic N) is 2. The number of ether oxygens (including phenoxy) is 9. The molecule has 2 fully saturated rings. The Hall–Kier alpha value is -2.43. The predicted octanol–water partition coefficient (Wildman–Crippen LogP) is 6.63. The Labute approximate surface area is 306 Å². The highest BCUT2D eigenvalue weighted by Gasteiger charge is 2.63. The Bertz CT molecular complexity index is 1560. The van der Waals surface area contributed by atoms with Crippen LogP contribution in [-0.2, 0) is 44.3 Å². The van der Waals surface area contributed by atoms with Crippen LogP contribution in [0, 0.1) is 0 Å². The Morgan fingerprint density at radius 1 is 0.980 bits per heavy atom. The minimum atomic E-state index is -1.33. The summed E-state index contributed by atoms with van der Waals surface area (Å²) < 4.78 is 57.7. The van der Waals surface area contributed by atoms with Crippen molar-refractivity contribution in [1.82, 2.24) is 9.55 Å². The Morgan fingerprint density at radius 3 is 2.30 bits per heavy atom. The third-order valence-electron chi connectivity index (χ3n) is 9.31. The van der Waals surface area contributed by atoms with Crippen LogP contribution in [-0.4, -0.2) is 100 Å². The summed E-state index contributed by atoms with van der Waals surface area (Å²) in [7, 11) is 3.49. The molecule has 3 heterocycles. The first kappa shape index (κ1) is 38.8. The molecule has 7 atom stereocenters. The summed E-state index contributed by atoms with van der Waals surface area (Å²) in [4.78, 5) is 4.12. The first-order valence-electron chi connectivity index (χ1n) is 16.7. The van der Waals surface area contributed by atoms with Gasteiger partial charge in [0.1, 0.15) is 43.3 Å². The number of methoxy groups -OCH3 is 3. The summed E-state index contributed by atoms with van der Waals surface area (Å²) in [6, 6.07) is 14.8. The van der Waals surface area contributed by atoms with Crippen molar-refractivity contribution in [2.45, 2.75) is 88.0 Å². The maximum atomic E-state index is 6.90. The number of aromatic nitrogens is 2. The molecule has 2 aliphatic rings. The number of benzene rings is 2. The van der Waals surface area contributed by atoms with Crippen LogP contribution < -0.4 is 4.74 Å². The molecule has 1 aromatic heterocycles. The molecule has 0 unspecified atom stereocenters. The van der Waals surface area contributed by atoms with Crippen molar-refractivity contribution in [3.05, 3.63) is 82.9 Å². The van der Waals surface area contributed by atoms with Gasteiger partial charge in [-0.15, -0.1) is 0 Å². The van der Waals surface area contributed by atoms with Gasteiger partial charge < -0.3 is 42.6 Å². The molecule has 11 nitrogen and oxygen atoms in total. The van der Waals surface area contributed by atoms with Gasteiger partial charge in [-0.05, 0) is 73.4 Å². The molecule has 3 aromatic rings. The third-order valence-corrected chi connectivity index (χ3v) is 11.7. The maximum absolute atomic E-state index is 6.90. The quantitative estimate of drug-likeness (QED) is 0.0769. The van der Waals surface area contributed by atoms with Crippen LogP contribution in [0.5, 0.6) is 5.75 Å². The highest BCUT2D eigenvalue weighted by Crippen LogP contribution is 2.48. The molecular weight excluding hydrogens is 700 g/mol. The van der Waals surface area contributed by atoms with E-state index in [1.54, 1.807) is 58.5 Å². The highest BCUT2D eigenvalue weighted by molar-refractivity contribution is 7.80. The molecule has 50 heavy (non-hydrogen) atoms. The van der Waals surface area contributed by atoms with Gasteiger partial charge in [0.25, 0.3) is 5.17 Å². The molecule has 5 rings (SSSR count).